The second-order valence-corrected chi connectivity index (χ2v) is 8.59. The van der Waals surface area contributed by atoms with Crippen LogP contribution in [0.4, 0.5) is 4.39 Å². The molecule has 0 bridgehead atoms. The summed E-state index contributed by atoms with van der Waals surface area (Å²) in [5.41, 5.74) is 4.03. The molecular weight excluding hydrogens is 405 g/mol. The van der Waals surface area contributed by atoms with Gasteiger partial charge in [-0.05, 0) is 49.8 Å². The molecule has 0 saturated carbocycles. The van der Waals surface area contributed by atoms with Crippen molar-refractivity contribution in [2.45, 2.75) is 19.0 Å². The van der Waals surface area contributed by atoms with Crippen molar-refractivity contribution in [2.24, 2.45) is 0 Å². The molecule has 32 heavy (non-hydrogen) atoms. The Morgan fingerprint density at radius 3 is 2.56 bits per heavy atom. The fourth-order valence-corrected chi connectivity index (χ4v) is 4.49. The molecule has 4 aromatic rings. The van der Waals surface area contributed by atoms with Crippen molar-refractivity contribution < 1.29 is 13.6 Å². The summed E-state index contributed by atoms with van der Waals surface area (Å²) in [7, 11) is 3.97. The van der Waals surface area contributed by atoms with Crippen molar-refractivity contribution >= 4 is 17.0 Å². The van der Waals surface area contributed by atoms with Gasteiger partial charge in [-0.3, -0.25) is 4.79 Å². The van der Waals surface area contributed by atoms with Crippen LogP contribution in [-0.4, -0.2) is 53.5 Å². The van der Waals surface area contributed by atoms with Gasteiger partial charge in [0.05, 0.1) is 5.52 Å². The van der Waals surface area contributed by atoms with Crippen LogP contribution < -0.4 is 0 Å². The van der Waals surface area contributed by atoms with Crippen molar-refractivity contribution in [3.05, 3.63) is 83.8 Å². The number of amides is 1. The average molecular weight is 432 g/mol. The third-order valence-electron chi connectivity index (χ3n) is 6.36. The van der Waals surface area contributed by atoms with Crippen LogP contribution in [0.2, 0.25) is 0 Å². The summed E-state index contributed by atoms with van der Waals surface area (Å²) in [5.74, 6) is 0.365. The first kappa shape index (κ1) is 20.5. The number of fused-ring (bicyclic) bond motifs is 1. The molecule has 5 rings (SSSR count). The lowest BCUT2D eigenvalue weighted by atomic mass is 10.2. The monoisotopic (exact) mass is 431 g/mol. The second kappa shape index (κ2) is 8.28. The highest BCUT2D eigenvalue weighted by Gasteiger charge is 2.29. The Hall–Kier alpha value is -3.38. The van der Waals surface area contributed by atoms with Crippen molar-refractivity contribution in [1.82, 2.24) is 14.4 Å². The Balaban J connectivity index is 1.55. The Morgan fingerprint density at radius 2 is 1.88 bits per heavy atom. The first-order chi connectivity index (χ1) is 15.5. The molecular formula is C26H26FN3O2. The summed E-state index contributed by atoms with van der Waals surface area (Å²) in [6.45, 7) is 2.44. The first-order valence-corrected chi connectivity index (χ1v) is 10.9. The van der Waals surface area contributed by atoms with E-state index in [0.29, 0.717) is 23.6 Å². The van der Waals surface area contributed by atoms with Gasteiger partial charge in [0.25, 0.3) is 5.91 Å². The van der Waals surface area contributed by atoms with E-state index in [4.69, 9.17) is 4.42 Å². The van der Waals surface area contributed by atoms with Gasteiger partial charge in [0, 0.05) is 43.9 Å². The zero-order chi connectivity index (χ0) is 22.2. The van der Waals surface area contributed by atoms with E-state index >= 15 is 0 Å². The Kier molecular flexibility index (Phi) is 5.31. The maximum Gasteiger partial charge on any atom is 0.270 e. The van der Waals surface area contributed by atoms with E-state index in [1.54, 1.807) is 12.1 Å². The number of aromatic nitrogens is 1. The number of likely N-dealkylation sites (N-methyl/N-ethyl adjacent to an activating group) is 2. The summed E-state index contributed by atoms with van der Waals surface area (Å²) in [5, 5.41) is 0. The summed E-state index contributed by atoms with van der Waals surface area (Å²) >= 11 is 0. The number of benzene rings is 2. The molecule has 1 saturated heterocycles. The molecule has 1 atom stereocenters. The Morgan fingerprint density at radius 1 is 1.12 bits per heavy atom. The van der Waals surface area contributed by atoms with Crippen LogP contribution in [0.5, 0.6) is 0 Å². The molecule has 0 spiro atoms. The van der Waals surface area contributed by atoms with Gasteiger partial charge in [-0.15, -0.1) is 0 Å². The molecule has 2 aromatic heterocycles. The van der Waals surface area contributed by atoms with E-state index in [0.717, 1.165) is 36.2 Å². The summed E-state index contributed by atoms with van der Waals surface area (Å²) in [6.07, 6.45) is 0.975. The van der Waals surface area contributed by atoms with Gasteiger partial charge >= 0.3 is 0 Å². The molecule has 1 unspecified atom stereocenters. The fourth-order valence-electron chi connectivity index (χ4n) is 4.49. The number of hydrogen-bond donors (Lipinski definition) is 0. The molecule has 0 aliphatic carbocycles. The van der Waals surface area contributed by atoms with Crippen LogP contribution in [0.25, 0.3) is 22.4 Å². The molecule has 1 aliphatic heterocycles. The normalized spacial score (nSPS) is 16.7. The Bertz CT molecular complexity index is 1240. The smallest absolute Gasteiger partial charge is 0.270 e. The van der Waals surface area contributed by atoms with Gasteiger partial charge in [0.1, 0.15) is 17.3 Å². The molecule has 1 amide bonds. The van der Waals surface area contributed by atoms with E-state index in [9.17, 15) is 9.18 Å². The molecule has 1 aliphatic rings. The minimum Gasteiger partial charge on any atom is -0.454 e. The highest BCUT2D eigenvalue weighted by molar-refractivity contribution is 5.98. The molecule has 164 valence electrons. The van der Waals surface area contributed by atoms with Gasteiger partial charge in [-0.2, -0.15) is 0 Å². The SMILES string of the molecule is CN1CCC(N(C)C(=O)c2cc3oc(-c4ccc(F)cc4)cc3n2Cc2ccccc2)C1. The maximum absolute atomic E-state index is 13.5. The number of hydrogen-bond acceptors (Lipinski definition) is 3. The zero-order valence-electron chi connectivity index (χ0n) is 18.3. The predicted molar refractivity (Wildman–Crippen MR) is 123 cm³/mol. The number of nitrogens with zero attached hydrogens (tertiary/aromatic N) is 3. The van der Waals surface area contributed by atoms with Gasteiger partial charge in [-0.25, -0.2) is 4.39 Å². The lowest BCUT2D eigenvalue weighted by Crippen LogP contribution is -2.39. The lowest BCUT2D eigenvalue weighted by molar-refractivity contribution is 0.0727. The summed E-state index contributed by atoms with van der Waals surface area (Å²) < 4.78 is 21.5. The van der Waals surface area contributed by atoms with Crippen molar-refractivity contribution in [3.63, 3.8) is 0 Å². The quantitative estimate of drug-likeness (QED) is 0.453. The largest absolute Gasteiger partial charge is 0.454 e. The molecule has 6 heteroatoms. The van der Waals surface area contributed by atoms with Crippen LogP contribution in [0.15, 0.2) is 71.1 Å². The zero-order valence-corrected chi connectivity index (χ0v) is 18.3. The molecule has 0 N–H and O–H groups in total. The molecule has 5 nitrogen and oxygen atoms in total. The van der Waals surface area contributed by atoms with Crippen molar-refractivity contribution in [1.29, 1.82) is 0 Å². The third kappa shape index (κ3) is 3.82. The van der Waals surface area contributed by atoms with E-state index in [1.807, 2.05) is 46.8 Å². The highest BCUT2D eigenvalue weighted by atomic mass is 19.1. The highest BCUT2D eigenvalue weighted by Crippen LogP contribution is 2.32. The third-order valence-corrected chi connectivity index (χ3v) is 6.36. The summed E-state index contributed by atoms with van der Waals surface area (Å²) in [6, 6.07) is 20.3. The molecule has 0 radical (unpaired) electrons. The van der Waals surface area contributed by atoms with Gasteiger partial charge in [0.15, 0.2) is 5.58 Å². The Labute approximate surface area is 186 Å². The van der Waals surface area contributed by atoms with Crippen LogP contribution in [0, 0.1) is 5.82 Å². The van der Waals surface area contributed by atoms with E-state index < -0.39 is 0 Å². The lowest BCUT2D eigenvalue weighted by Gasteiger charge is -2.25. The number of likely N-dealkylation sites (tertiary alicyclic amines) is 1. The first-order valence-electron chi connectivity index (χ1n) is 10.9. The standard InChI is InChI=1S/C26H26FN3O2/c1-28-13-12-21(17-28)29(2)26(31)23-15-25-22(30(23)16-18-6-4-3-5-7-18)14-24(32-25)19-8-10-20(27)11-9-19/h3-11,14-15,21H,12-13,16-17H2,1-2H3. The minimum absolute atomic E-state index is 0.00374. The van der Waals surface area contributed by atoms with Crippen LogP contribution in [0.1, 0.15) is 22.5 Å². The minimum atomic E-state index is -0.285. The topological polar surface area (TPSA) is 41.6 Å². The molecule has 2 aromatic carbocycles. The number of halogens is 1. The molecule has 1 fully saturated rings. The van der Waals surface area contributed by atoms with Gasteiger partial charge in [0.2, 0.25) is 0 Å². The van der Waals surface area contributed by atoms with Crippen LogP contribution >= 0.6 is 0 Å². The maximum atomic E-state index is 13.5. The molecule has 3 heterocycles. The number of rotatable bonds is 5. The second-order valence-electron chi connectivity index (χ2n) is 8.59. The van der Waals surface area contributed by atoms with E-state index in [2.05, 4.69) is 24.1 Å². The van der Waals surface area contributed by atoms with Gasteiger partial charge in [-0.1, -0.05) is 30.3 Å². The summed E-state index contributed by atoms with van der Waals surface area (Å²) in [4.78, 5) is 17.6. The van der Waals surface area contributed by atoms with Crippen LogP contribution in [-0.2, 0) is 6.54 Å². The van der Waals surface area contributed by atoms with E-state index in [1.165, 1.54) is 12.1 Å². The average Bonchev–Trinajstić information content (AvgIpc) is 3.50. The number of carbonyl (C=O) groups excluding carboxylic acids is 1. The van der Waals surface area contributed by atoms with Crippen LogP contribution in [0.3, 0.4) is 0 Å². The van der Waals surface area contributed by atoms with Crippen molar-refractivity contribution in [3.8, 4) is 11.3 Å². The van der Waals surface area contributed by atoms with Gasteiger partial charge < -0.3 is 18.8 Å². The number of furan rings is 1. The fraction of sp³-hybridized carbons (Fsp3) is 0.269. The predicted octanol–water partition coefficient (Wildman–Crippen LogP) is 4.86. The number of carbonyl (C=O) groups is 1. The van der Waals surface area contributed by atoms with Crippen molar-refractivity contribution in [2.75, 3.05) is 27.2 Å². The van der Waals surface area contributed by atoms with E-state index in [-0.39, 0.29) is 17.8 Å².